The predicted octanol–water partition coefficient (Wildman–Crippen LogP) is 2.48. The van der Waals surface area contributed by atoms with Gasteiger partial charge in [0.2, 0.25) is 0 Å². The van der Waals surface area contributed by atoms with E-state index in [-0.39, 0.29) is 16.7 Å². The third kappa shape index (κ3) is 11.9. The van der Waals surface area contributed by atoms with Gasteiger partial charge in [0, 0.05) is 27.7 Å². The van der Waals surface area contributed by atoms with E-state index < -0.39 is 116 Å². The fourth-order valence-electron chi connectivity index (χ4n) is 6.24. The van der Waals surface area contributed by atoms with Gasteiger partial charge < -0.3 is 52.5 Å². The Labute approximate surface area is 337 Å². The standard InChI is InChI=1S/C41H42O18/c1-22(42)50-20-30-31(52-23(2)43)34(53-24(3)44)36(54-25(4)45)41(56-30)51-21-29-32(57-37(46)26-14-8-5-9-15-26)33(58-38(47)27-16-10-6-11-17-27)35(40(49)55-29)59-39(48)28-18-12-7-13-19-28/h5-19,29-36,40-41,49H,20-21H2,1-4H3. The maximum Gasteiger partial charge on any atom is 0.338 e. The topological polar surface area (TPSA) is 232 Å². The number of aliphatic hydroxyl groups excluding tert-OH is 1. The van der Waals surface area contributed by atoms with Crippen molar-refractivity contribution in [2.45, 2.75) is 89.1 Å². The van der Waals surface area contributed by atoms with Crippen molar-refractivity contribution in [3.8, 4) is 0 Å². The second kappa shape index (κ2) is 20.5. The lowest BCUT2D eigenvalue weighted by Crippen LogP contribution is -2.64. The lowest BCUT2D eigenvalue weighted by molar-refractivity contribution is -0.327. The fraction of sp³-hybridized carbons (Fsp3) is 0.390. The molecule has 0 amide bonds. The maximum absolute atomic E-state index is 13.7. The largest absolute Gasteiger partial charge is 0.463 e. The van der Waals surface area contributed by atoms with Crippen LogP contribution in [0.4, 0.5) is 0 Å². The Hall–Kier alpha value is -6.21. The minimum atomic E-state index is -2.05. The van der Waals surface area contributed by atoms with E-state index in [1.165, 1.54) is 36.4 Å². The lowest BCUT2D eigenvalue weighted by atomic mass is 9.97. The second-order valence-electron chi connectivity index (χ2n) is 13.2. The van der Waals surface area contributed by atoms with E-state index in [1.54, 1.807) is 54.6 Å². The molecule has 0 saturated carbocycles. The second-order valence-corrected chi connectivity index (χ2v) is 13.2. The van der Waals surface area contributed by atoms with Crippen molar-refractivity contribution < 1.29 is 86.0 Å². The number of benzene rings is 3. The lowest BCUT2D eigenvalue weighted by Gasteiger charge is -2.45. The van der Waals surface area contributed by atoms with E-state index in [4.69, 9.17) is 47.4 Å². The van der Waals surface area contributed by atoms with Gasteiger partial charge >= 0.3 is 41.8 Å². The van der Waals surface area contributed by atoms with Gasteiger partial charge in [0.25, 0.3) is 0 Å². The smallest absolute Gasteiger partial charge is 0.338 e. The van der Waals surface area contributed by atoms with Crippen LogP contribution in [0.2, 0.25) is 0 Å². The van der Waals surface area contributed by atoms with Crippen molar-refractivity contribution in [2.24, 2.45) is 0 Å². The summed E-state index contributed by atoms with van der Waals surface area (Å²) in [6.45, 7) is 2.97. The molecule has 18 heteroatoms. The first-order valence-electron chi connectivity index (χ1n) is 18.3. The quantitative estimate of drug-likeness (QED) is 0.182. The first-order chi connectivity index (χ1) is 28.2. The molecule has 3 aromatic rings. The Morgan fingerprint density at radius 2 is 0.831 bits per heavy atom. The molecule has 314 valence electrons. The van der Waals surface area contributed by atoms with Gasteiger partial charge in [-0.3, -0.25) is 19.2 Å². The van der Waals surface area contributed by atoms with Crippen molar-refractivity contribution in [3.05, 3.63) is 108 Å². The fourth-order valence-corrected chi connectivity index (χ4v) is 6.24. The van der Waals surface area contributed by atoms with Crippen molar-refractivity contribution in [1.82, 2.24) is 0 Å². The SMILES string of the molecule is CC(=O)OCC1OC(OCC2OC(O)C(OC(=O)c3ccccc3)C(OC(=O)c3ccccc3)C2OC(=O)c2ccccc2)C(OC(C)=O)C(OC(C)=O)C1OC(C)=O. The van der Waals surface area contributed by atoms with Crippen molar-refractivity contribution >= 4 is 41.8 Å². The molecule has 10 atom stereocenters. The average molecular weight is 823 g/mol. The molecule has 0 bridgehead atoms. The molecule has 0 radical (unpaired) electrons. The number of esters is 7. The van der Waals surface area contributed by atoms with Gasteiger partial charge in [0.15, 0.2) is 49.2 Å². The van der Waals surface area contributed by atoms with Crippen LogP contribution in [0, 0.1) is 0 Å². The number of hydrogen-bond donors (Lipinski definition) is 1. The van der Waals surface area contributed by atoms with Crippen LogP contribution in [0.1, 0.15) is 58.8 Å². The van der Waals surface area contributed by atoms with E-state index in [0.717, 1.165) is 27.7 Å². The molecule has 18 nitrogen and oxygen atoms in total. The molecule has 59 heavy (non-hydrogen) atoms. The Bertz CT molecular complexity index is 1940. The van der Waals surface area contributed by atoms with Crippen LogP contribution in [0.5, 0.6) is 0 Å². The number of aliphatic hydroxyl groups is 1. The summed E-state index contributed by atoms with van der Waals surface area (Å²) in [6, 6.07) is 23.1. The van der Waals surface area contributed by atoms with Crippen LogP contribution in [0.25, 0.3) is 0 Å². The Kier molecular flexibility index (Phi) is 15.2. The summed E-state index contributed by atoms with van der Waals surface area (Å²) in [5.41, 5.74) is 0.184. The third-order valence-corrected chi connectivity index (χ3v) is 8.74. The summed E-state index contributed by atoms with van der Waals surface area (Å²) < 4.78 is 56.9. The van der Waals surface area contributed by atoms with E-state index >= 15 is 0 Å². The van der Waals surface area contributed by atoms with Crippen LogP contribution in [0.15, 0.2) is 91.0 Å². The molecule has 0 aliphatic carbocycles. The highest BCUT2D eigenvalue weighted by atomic mass is 16.7. The van der Waals surface area contributed by atoms with Crippen LogP contribution in [-0.4, -0.2) is 122 Å². The van der Waals surface area contributed by atoms with Gasteiger partial charge in [0.05, 0.1) is 23.3 Å². The minimum absolute atomic E-state index is 0.0556. The molecule has 0 spiro atoms. The summed E-state index contributed by atoms with van der Waals surface area (Å²) in [5.74, 6) is -6.23. The minimum Gasteiger partial charge on any atom is -0.463 e. The summed E-state index contributed by atoms with van der Waals surface area (Å²) in [7, 11) is 0. The van der Waals surface area contributed by atoms with Gasteiger partial charge in [-0.15, -0.1) is 0 Å². The van der Waals surface area contributed by atoms with Crippen molar-refractivity contribution in [1.29, 1.82) is 0 Å². The molecule has 5 rings (SSSR count). The summed E-state index contributed by atoms with van der Waals surface area (Å²) in [4.78, 5) is 89.4. The van der Waals surface area contributed by atoms with E-state index in [2.05, 4.69) is 0 Å². The van der Waals surface area contributed by atoms with Crippen LogP contribution >= 0.6 is 0 Å². The molecule has 0 aromatic heterocycles. The highest BCUT2D eigenvalue weighted by Crippen LogP contribution is 2.33. The van der Waals surface area contributed by atoms with E-state index in [0.29, 0.717) is 0 Å². The number of hydrogen-bond acceptors (Lipinski definition) is 18. The first-order valence-corrected chi connectivity index (χ1v) is 18.3. The summed E-state index contributed by atoms with van der Waals surface area (Å²) >= 11 is 0. The molecule has 2 aliphatic rings. The predicted molar refractivity (Wildman–Crippen MR) is 196 cm³/mol. The number of carbonyl (C=O) groups excluding carboxylic acids is 7. The zero-order valence-electron chi connectivity index (χ0n) is 32.2. The average Bonchev–Trinajstić information content (AvgIpc) is 3.20. The number of ether oxygens (including phenoxy) is 10. The number of carbonyl (C=O) groups is 7. The maximum atomic E-state index is 13.7. The monoisotopic (exact) mass is 822 g/mol. The Morgan fingerprint density at radius 1 is 0.458 bits per heavy atom. The van der Waals surface area contributed by atoms with E-state index in [1.807, 2.05) is 0 Å². The van der Waals surface area contributed by atoms with Gasteiger partial charge in [-0.1, -0.05) is 54.6 Å². The van der Waals surface area contributed by atoms with Crippen LogP contribution in [0.3, 0.4) is 0 Å². The zero-order chi connectivity index (χ0) is 42.6. The first kappa shape index (κ1) is 43.9. The molecule has 2 heterocycles. The van der Waals surface area contributed by atoms with Crippen LogP contribution < -0.4 is 0 Å². The molecule has 10 unspecified atom stereocenters. The molecule has 2 aliphatic heterocycles. The molecule has 2 fully saturated rings. The van der Waals surface area contributed by atoms with Gasteiger partial charge in [-0.2, -0.15) is 0 Å². The molecule has 1 N–H and O–H groups in total. The molecule has 2 saturated heterocycles. The molecule has 3 aromatic carbocycles. The van der Waals surface area contributed by atoms with Gasteiger partial charge in [-0.05, 0) is 36.4 Å². The normalized spacial score (nSPS) is 26.3. The van der Waals surface area contributed by atoms with Crippen molar-refractivity contribution in [3.63, 3.8) is 0 Å². The summed E-state index contributed by atoms with van der Waals surface area (Å²) in [6.07, 6.45) is -16.7. The highest BCUT2D eigenvalue weighted by Gasteiger charge is 2.55. The zero-order valence-corrected chi connectivity index (χ0v) is 32.2. The van der Waals surface area contributed by atoms with Crippen molar-refractivity contribution in [2.75, 3.05) is 13.2 Å². The molecular formula is C41H42O18. The molecular weight excluding hydrogens is 780 g/mol. The number of rotatable bonds is 14. The summed E-state index contributed by atoms with van der Waals surface area (Å²) in [5, 5.41) is 11.4. The van der Waals surface area contributed by atoms with Gasteiger partial charge in [-0.25, -0.2) is 14.4 Å². The highest BCUT2D eigenvalue weighted by molar-refractivity contribution is 5.91. The van der Waals surface area contributed by atoms with Gasteiger partial charge in [0.1, 0.15) is 18.8 Å². The van der Waals surface area contributed by atoms with Crippen LogP contribution in [-0.2, 0) is 66.5 Å². The third-order valence-electron chi connectivity index (χ3n) is 8.74. The Morgan fingerprint density at radius 3 is 1.29 bits per heavy atom. The van der Waals surface area contributed by atoms with E-state index in [9.17, 15) is 38.7 Å². The Balaban J connectivity index is 1.53.